The molecule has 1 aliphatic heterocycles. The first-order valence-corrected chi connectivity index (χ1v) is 8.60. The van der Waals surface area contributed by atoms with Gasteiger partial charge in [0.2, 0.25) is 0 Å². The van der Waals surface area contributed by atoms with Gasteiger partial charge >= 0.3 is 0 Å². The summed E-state index contributed by atoms with van der Waals surface area (Å²) in [6.45, 7) is 1.51. The zero-order valence-corrected chi connectivity index (χ0v) is 14.2. The Hall–Kier alpha value is -2.08. The van der Waals surface area contributed by atoms with Gasteiger partial charge in [0.15, 0.2) is 0 Å². The van der Waals surface area contributed by atoms with E-state index < -0.39 is 0 Å². The van der Waals surface area contributed by atoms with Crippen LogP contribution >= 0.6 is 15.9 Å². The number of aryl methyl sites for hydroxylation is 1. The van der Waals surface area contributed by atoms with Crippen LogP contribution < -0.4 is 5.32 Å². The molecule has 1 aromatic carbocycles. The molecule has 0 bridgehead atoms. The van der Waals surface area contributed by atoms with Crippen molar-refractivity contribution in [2.45, 2.75) is 32.4 Å². The maximum Gasteiger partial charge on any atom is 0.253 e. The lowest BCUT2D eigenvalue weighted by Crippen LogP contribution is -2.23. The second-order valence-corrected chi connectivity index (χ2v) is 6.79. The lowest BCUT2D eigenvalue weighted by atomic mass is 10.1. The molecule has 0 fully saturated rings. The van der Waals surface area contributed by atoms with E-state index in [1.807, 2.05) is 24.4 Å². The molecule has 118 valence electrons. The van der Waals surface area contributed by atoms with Gasteiger partial charge in [-0.25, -0.2) is 0 Å². The highest BCUT2D eigenvalue weighted by Crippen LogP contribution is 2.23. The Morgan fingerprint density at radius 3 is 3.22 bits per heavy atom. The average molecular weight is 373 g/mol. The van der Waals surface area contributed by atoms with E-state index in [0.29, 0.717) is 12.1 Å². The van der Waals surface area contributed by atoms with E-state index in [1.54, 1.807) is 6.20 Å². The number of nitrogens with one attached hydrogen (secondary N) is 2. The van der Waals surface area contributed by atoms with E-state index in [-0.39, 0.29) is 5.91 Å². The topological polar surface area (TPSA) is 62.7 Å². The number of aromatic nitrogens is 3. The van der Waals surface area contributed by atoms with E-state index in [1.165, 1.54) is 18.5 Å². The van der Waals surface area contributed by atoms with E-state index in [2.05, 4.69) is 36.0 Å². The number of aromatic amines is 1. The Labute approximate surface area is 142 Å². The van der Waals surface area contributed by atoms with Crippen LogP contribution in [0.15, 0.2) is 35.1 Å². The van der Waals surface area contributed by atoms with Crippen LogP contribution in [0.2, 0.25) is 0 Å². The number of halogens is 1. The predicted molar refractivity (Wildman–Crippen MR) is 92.3 cm³/mol. The molecule has 1 aliphatic rings. The fourth-order valence-corrected chi connectivity index (χ4v) is 3.55. The quantitative estimate of drug-likeness (QED) is 0.739. The molecule has 0 spiro atoms. The van der Waals surface area contributed by atoms with Crippen LogP contribution in [0.3, 0.4) is 0 Å². The molecule has 0 saturated carbocycles. The summed E-state index contributed by atoms with van der Waals surface area (Å²) in [5, 5.41) is 8.36. The first-order chi connectivity index (χ1) is 11.2. The van der Waals surface area contributed by atoms with Gasteiger partial charge in [0, 0.05) is 45.9 Å². The molecule has 0 aliphatic carbocycles. The Balaban J connectivity index is 1.53. The number of rotatable bonds is 3. The molecule has 1 amide bonds. The summed E-state index contributed by atoms with van der Waals surface area (Å²) in [6.07, 6.45) is 7.08. The van der Waals surface area contributed by atoms with Crippen LogP contribution in [-0.2, 0) is 19.5 Å². The average Bonchev–Trinajstić information content (AvgIpc) is 3.16. The standard InChI is InChI=1S/C17H17BrN4O/c18-12-4-5-15-13(7-12)14(10-19-15)17(23)20-8-11-9-21-22-6-2-1-3-16(11)22/h4-5,7,9-10,19H,1-3,6,8H2,(H,20,23). The first kappa shape index (κ1) is 14.5. The van der Waals surface area contributed by atoms with E-state index in [9.17, 15) is 4.79 Å². The smallest absolute Gasteiger partial charge is 0.253 e. The van der Waals surface area contributed by atoms with E-state index in [0.717, 1.165) is 33.9 Å². The van der Waals surface area contributed by atoms with Crippen molar-refractivity contribution in [3.8, 4) is 0 Å². The molecule has 3 aromatic rings. The Morgan fingerprint density at radius 2 is 2.30 bits per heavy atom. The zero-order valence-electron chi connectivity index (χ0n) is 12.6. The molecule has 0 unspecified atom stereocenters. The summed E-state index contributed by atoms with van der Waals surface area (Å²) >= 11 is 3.46. The molecule has 2 N–H and O–H groups in total. The van der Waals surface area contributed by atoms with Crippen molar-refractivity contribution >= 4 is 32.7 Å². The number of carbonyl (C=O) groups is 1. The van der Waals surface area contributed by atoms with Crippen LogP contribution in [0, 0.1) is 0 Å². The van der Waals surface area contributed by atoms with E-state index >= 15 is 0 Å². The minimum atomic E-state index is -0.0647. The summed E-state index contributed by atoms with van der Waals surface area (Å²) in [5.41, 5.74) is 4.01. The third kappa shape index (κ3) is 2.67. The maximum absolute atomic E-state index is 12.5. The monoisotopic (exact) mass is 372 g/mol. The van der Waals surface area contributed by atoms with Crippen LogP contribution in [0.5, 0.6) is 0 Å². The minimum Gasteiger partial charge on any atom is -0.360 e. The van der Waals surface area contributed by atoms with Gasteiger partial charge < -0.3 is 10.3 Å². The van der Waals surface area contributed by atoms with Gasteiger partial charge in [-0.2, -0.15) is 5.10 Å². The van der Waals surface area contributed by atoms with Crippen molar-refractivity contribution in [3.63, 3.8) is 0 Å². The molecule has 0 atom stereocenters. The summed E-state index contributed by atoms with van der Waals surface area (Å²) in [6, 6.07) is 5.88. The van der Waals surface area contributed by atoms with E-state index in [4.69, 9.17) is 0 Å². The van der Waals surface area contributed by atoms with Gasteiger partial charge in [0.05, 0.1) is 11.8 Å². The Bertz CT molecular complexity index is 880. The summed E-state index contributed by atoms with van der Waals surface area (Å²) < 4.78 is 3.03. The number of amides is 1. The highest BCUT2D eigenvalue weighted by atomic mass is 79.9. The fourth-order valence-electron chi connectivity index (χ4n) is 3.18. The third-order valence-electron chi connectivity index (χ3n) is 4.40. The van der Waals surface area contributed by atoms with Gasteiger partial charge in [-0.05, 0) is 37.5 Å². The van der Waals surface area contributed by atoms with Crippen LogP contribution in [0.4, 0.5) is 0 Å². The lowest BCUT2D eigenvalue weighted by Gasteiger charge is -2.14. The number of H-pyrrole nitrogens is 1. The number of carbonyl (C=O) groups excluding carboxylic acids is 1. The third-order valence-corrected chi connectivity index (χ3v) is 4.89. The number of hydrogen-bond acceptors (Lipinski definition) is 2. The van der Waals surface area contributed by atoms with Crippen molar-refractivity contribution in [2.24, 2.45) is 0 Å². The van der Waals surface area contributed by atoms with Crippen molar-refractivity contribution in [1.82, 2.24) is 20.1 Å². The fraction of sp³-hybridized carbons (Fsp3) is 0.294. The van der Waals surface area contributed by atoms with Crippen LogP contribution in [0.1, 0.15) is 34.5 Å². The highest BCUT2D eigenvalue weighted by Gasteiger charge is 2.16. The molecule has 0 radical (unpaired) electrons. The molecule has 4 rings (SSSR count). The summed E-state index contributed by atoms with van der Waals surface area (Å²) in [4.78, 5) is 15.7. The van der Waals surface area contributed by atoms with Crippen molar-refractivity contribution in [2.75, 3.05) is 0 Å². The molecule has 2 aromatic heterocycles. The molecule has 6 heteroatoms. The number of benzene rings is 1. The van der Waals surface area contributed by atoms with Gasteiger partial charge in [0.1, 0.15) is 0 Å². The number of fused-ring (bicyclic) bond motifs is 2. The second kappa shape index (κ2) is 5.85. The summed E-state index contributed by atoms with van der Waals surface area (Å²) in [5.74, 6) is -0.0647. The molecule has 23 heavy (non-hydrogen) atoms. The van der Waals surface area contributed by atoms with Crippen LogP contribution in [-0.4, -0.2) is 20.7 Å². The number of hydrogen-bond donors (Lipinski definition) is 2. The number of nitrogens with zero attached hydrogens (tertiary/aromatic N) is 2. The van der Waals surface area contributed by atoms with Gasteiger partial charge in [-0.3, -0.25) is 9.48 Å². The zero-order chi connectivity index (χ0) is 15.8. The minimum absolute atomic E-state index is 0.0647. The van der Waals surface area contributed by atoms with Crippen molar-refractivity contribution in [1.29, 1.82) is 0 Å². The summed E-state index contributed by atoms with van der Waals surface area (Å²) in [7, 11) is 0. The molecule has 5 nitrogen and oxygen atoms in total. The largest absolute Gasteiger partial charge is 0.360 e. The normalized spacial score (nSPS) is 14.0. The Kier molecular flexibility index (Phi) is 3.69. The predicted octanol–water partition coefficient (Wildman–Crippen LogP) is 3.39. The molecular weight excluding hydrogens is 356 g/mol. The SMILES string of the molecule is O=C(NCc1cnn2c1CCCC2)c1c[nH]c2ccc(Br)cc12. The Morgan fingerprint density at radius 1 is 1.39 bits per heavy atom. The first-order valence-electron chi connectivity index (χ1n) is 7.81. The van der Waals surface area contributed by atoms with Gasteiger partial charge in [-0.1, -0.05) is 15.9 Å². The molecular formula is C17H17BrN4O. The highest BCUT2D eigenvalue weighted by molar-refractivity contribution is 9.10. The molecule has 3 heterocycles. The van der Waals surface area contributed by atoms with Crippen molar-refractivity contribution < 1.29 is 4.79 Å². The second-order valence-electron chi connectivity index (χ2n) is 5.87. The molecule has 0 saturated heterocycles. The van der Waals surface area contributed by atoms with Gasteiger partial charge in [0.25, 0.3) is 5.91 Å². The lowest BCUT2D eigenvalue weighted by molar-refractivity contribution is 0.0952. The maximum atomic E-state index is 12.5. The van der Waals surface area contributed by atoms with Crippen LogP contribution in [0.25, 0.3) is 10.9 Å². The van der Waals surface area contributed by atoms with Gasteiger partial charge in [-0.15, -0.1) is 0 Å². The van der Waals surface area contributed by atoms with Crippen molar-refractivity contribution in [3.05, 3.63) is 51.9 Å².